The smallest absolute Gasteiger partial charge is 0.336 e. The van der Waals surface area contributed by atoms with Crippen LogP contribution in [-0.2, 0) is 59.9 Å². The van der Waals surface area contributed by atoms with Crippen LogP contribution in [0.15, 0.2) is 60.7 Å². The van der Waals surface area contributed by atoms with Gasteiger partial charge in [0.15, 0.2) is 22.2 Å². The predicted molar refractivity (Wildman–Crippen MR) is 243 cm³/mol. The molecular weight excluding hydrogens is 847 g/mol. The van der Waals surface area contributed by atoms with Crippen LogP contribution in [0, 0.1) is 0 Å². The molecule has 2 saturated heterocycles. The minimum Gasteiger partial charge on any atom is -0.480 e. The second-order valence-corrected chi connectivity index (χ2v) is 28.9. The average Bonchev–Trinajstić information content (AvgIpc) is 3.59. The monoisotopic (exact) mass is 917 g/mol. The Labute approximate surface area is 374 Å². The van der Waals surface area contributed by atoms with Gasteiger partial charge >= 0.3 is 23.9 Å². The molecule has 5 N–H and O–H groups in total. The number of carbonyl (C=O) groups is 6. The number of nitrogens with zero attached hydrogens (tertiary/aromatic N) is 2. The van der Waals surface area contributed by atoms with Gasteiger partial charge in [0.25, 0.3) is 11.8 Å². The summed E-state index contributed by atoms with van der Waals surface area (Å²) in [5.74, 6) is -3.86. The van der Waals surface area contributed by atoms with Crippen molar-refractivity contribution < 1.29 is 62.4 Å². The largest absolute Gasteiger partial charge is 0.480 e. The Bertz CT molecular complexity index is 1900. The van der Waals surface area contributed by atoms with E-state index in [1.165, 1.54) is 24.0 Å². The van der Waals surface area contributed by atoms with E-state index in [1.54, 1.807) is 44.4 Å². The Kier molecular flexibility index (Phi) is 18.6. The van der Waals surface area contributed by atoms with Crippen LogP contribution in [0.1, 0.15) is 71.9 Å². The van der Waals surface area contributed by atoms with Crippen molar-refractivity contribution in [2.75, 3.05) is 28.3 Å². The van der Waals surface area contributed by atoms with Crippen molar-refractivity contribution in [2.45, 2.75) is 145 Å². The standard InChI is InChI=1S/C20H31NO4Si.C13H25NO4Si.C12H15NO5/c1-19(2,3)26(6,7)25-20(13-15-11-9-8-10-12-15)14-16(17(22)24-5)21(4)18(20)23;1-13(2,3)19(6,7)18-10-8-9(12(16)17-5)14(4)11(10)15;13-9(10(14)15)7-12(18,11(16)17)6-8-4-2-1-3-5-8/h8-12,16H,13-14H2,1-7H3;9-10H,8H2,1-7H3;1-5,9,18H,6-7,13H2,(H,14,15)(H,16,17)/t16-,20-;9-,10-;9-,12+/m111/s1. The molecule has 352 valence electrons. The number of aliphatic carboxylic acids is 2. The average molecular weight is 918 g/mol. The Morgan fingerprint density at radius 2 is 1.24 bits per heavy atom. The molecule has 2 fully saturated rings. The summed E-state index contributed by atoms with van der Waals surface area (Å²) in [5, 5.41) is 27.7. The molecule has 4 rings (SSSR count). The number of hydrogen-bond acceptors (Lipinski definition) is 12. The number of aliphatic hydroxyl groups is 1. The first kappa shape index (κ1) is 54.7. The first-order chi connectivity index (χ1) is 28.8. The van der Waals surface area contributed by atoms with Crippen LogP contribution in [0.5, 0.6) is 0 Å². The number of carboxylic acid groups (broad SMARTS) is 2. The number of ether oxygens (including phenoxy) is 2. The number of benzene rings is 2. The van der Waals surface area contributed by atoms with Gasteiger partial charge in [-0.3, -0.25) is 14.4 Å². The van der Waals surface area contributed by atoms with Gasteiger partial charge in [0.2, 0.25) is 0 Å². The number of amides is 2. The zero-order valence-electron chi connectivity index (χ0n) is 39.5. The molecule has 2 aromatic rings. The Hall–Kier alpha value is -4.47. The van der Waals surface area contributed by atoms with Gasteiger partial charge < -0.3 is 49.2 Å². The summed E-state index contributed by atoms with van der Waals surface area (Å²) in [6, 6.07) is 15.8. The molecule has 0 unspecified atom stereocenters. The third kappa shape index (κ3) is 14.0. The van der Waals surface area contributed by atoms with Crippen LogP contribution in [0.2, 0.25) is 36.3 Å². The van der Waals surface area contributed by atoms with Crippen molar-refractivity contribution >= 4 is 52.3 Å². The molecule has 18 heteroatoms. The molecule has 63 heavy (non-hydrogen) atoms. The zero-order chi connectivity index (χ0) is 48.5. The molecule has 0 spiro atoms. The predicted octanol–water partition coefficient (Wildman–Crippen LogP) is 5.02. The van der Waals surface area contributed by atoms with Gasteiger partial charge in [0, 0.05) is 46.2 Å². The minimum atomic E-state index is -2.24. The van der Waals surface area contributed by atoms with Crippen LogP contribution < -0.4 is 5.73 Å². The number of likely N-dealkylation sites (tertiary alicyclic amines) is 2. The molecule has 0 aromatic heterocycles. The van der Waals surface area contributed by atoms with E-state index in [0.717, 1.165) is 5.56 Å². The molecule has 0 saturated carbocycles. The molecule has 2 aliphatic heterocycles. The summed E-state index contributed by atoms with van der Waals surface area (Å²) in [6.07, 6.45) is -0.103. The lowest BCUT2D eigenvalue weighted by Crippen LogP contribution is -2.54. The molecule has 2 aromatic carbocycles. The van der Waals surface area contributed by atoms with Gasteiger partial charge in [-0.05, 0) is 47.4 Å². The van der Waals surface area contributed by atoms with E-state index in [9.17, 15) is 33.9 Å². The SMILES string of the molecule is COC(=O)[C@H]1C[C@@H](O[Si](C)(C)C(C)(C)C)C(=O)N1C.COC(=O)[C@H]1C[C@@](Cc2ccccc2)(O[Si](C)(C)C(C)(C)C)C(=O)N1C.N[C@H](C[C@@](O)(Cc1ccccc1)C(=O)O)C(=O)O. The van der Waals surface area contributed by atoms with Crippen LogP contribution >= 0.6 is 0 Å². The van der Waals surface area contributed by atoms with Gasteiger partial charge in [-0.25, -0.2) is 14.4 Å². The zero-order valence-corrected chi connectivity index (χ0v) is 41.5. The molecule has 2 heterocycles. The fraction of sp³-hybridized carbons (Fsp3) is 0.600. The molecule has 16 nitrogen and oxygen atoms in total. The van der Waals surface area contributed by atoms with Crippen LogP contribution in [0.3, 0.4) is 0 Å². The van der Waals surface area contributed by atoms with Crippen molar-refractivity contribution in [2.24, 2.45) is 5.73 Å². The second-order valence-electron chi connectivity index (χ2n) is 19.4. The number of likely N-dealkylation sites (N-methyl/N-ethyl adjacent to an activating group) is 2. The quantitative estimate of drug-likeness (QED) is 0.144. The third-order valence-electron chi connectivity index (χ3n) is 12.6. The molecule has 6 atom stereocenters. The highest BCUT2D eigenvalue weighted by Gasteiger charge is 2.57. The van der Waals surface area contributed by atoms with Gasteiger partial charge in [0.1, 0.15) is 29.8 Å². The van der Waals surface area contributed by atoms with Crippen LogP contribution in [0.25, 0.3) is 0 Å². The van der Waals surface area contributed by atoms with E-state index in [4.69, 9.17) is 34.3 Å². The number of carboxylic acids is 2. The summed E-state index contributed by atoms with van der Waals surface area (Å²) < 4.78 is 22.5. The number of rotatable bonds is 14. The lowest BCUT2D eigenvalue weighted by atomic mass is 9.88. The molecule has 0 radical (unpaired) electrons. The number of hydrogen-bond donors (Lipinski definition) is 4. The van der Waals surface area contributed by atoms with Crippen molar-refractivity contribution in [1.29, 1.82) is 0 Å². The highest BCUT2D eigenvalue weighted by Crippen LogP contribution is 2.44. The summed E-state index contributed by atoms with van der Waals surface area (Å²) >= 11 is 0. The van der Waals surface area contributed by atoms with Crippen molar-refractivity contribution in [1.82, 2.24) is 9.80 Å². The fourth-order valence-electron chi connectivity index (χ4n) is 6.70. The Morgan fingerprint density at radius 1 is 0.778 bits per heavy atom. The van der Waals surface area contributed by atoms with Gasteiger partial charge in [-0.1, -0.05) is 102 Å². The molecule has 0 aliphatic carbocycles. The normalized spacial score (nSPS) is 21.9. The van der Waals surface area contributed by atoms with Crippen molar-refractivity contribution in [3.05, 3.63) is 71.8 Å². The maximum absolute atomic E-state index is 13.3. The molecule has 2 aliphatic rings. The molecule has 0 bridgehead atoms. The summed E-state index contributed by atoms with van der Waals surface area (Å²) in [5.41, 5.74) is 3.68. The second kappa shape index (κ2) is 21.5. The summed E-state index contributed by atoms with van der Waals surface area (Å²) in [7, 11) is 1.71. The number of nitrogens with two attached hydrogens (primary N) is 1. The van der Waals surface area contributed by atoms with Gasteiger partial charge in [-0.15, -0.1) is 0 Å². The van der Waals surface area contributed by atoms with Crippen LogP contribution in [0.4, 0.5) is 0 Å². The minimum absolute atomic E-state index is 0.0369. The highest BCUT2D eigenvalue weighted by molar-refractivity contribution is 6.74. The number of methoxy groups -OCH3 is 2. The fourth-order valence-corrected chi connectivity index (χ4v) is 9.48. The number of esters is 2. The first-order valence-corrected chi connectivity index (χ1v) is 26.7. The van der Waals surface area contributed by atoms with E-state index < -0.39 is 76.4 Å². The van der Waals surface area contributed by atoms with E-state index >= 15 is 0 Å². The third-order valence-corrected chi connectivity index (χ3v) is 21.6. The van der Waals surface area contributed by atoms with E-state index in [-0.39, 0.29) is 34.3 Å². The van der Waals surface area contributed by atoms with Gasteiger partial charge in [0.05, 0.1) is 14.2 Å². The van der Waals surface area contributed by atoms with Gasteiger partial charge in [-0.2, -0.15) is 0 Å². The lowest BCUT2D eigenvalue weighted by Gasteiger charge is -2.43. The maximum atomic E-state index is 13.3. The highest BCUT2D eigenvalue weighted by atomic mass is 28.4. The maximum Gasteiger partial charge on any atom is 0.336 e. The lowest BCUT2D eigenvalue weighted by molar-refractivity contribution is -0.161. The topological polar surface area (TPSA) is 233 Å². The van der Waals surface area contributed by atoms with Crippen LogP contribution in [-0.4, -0.2) is 141 Å². The Balaban J connectivity index is 0.000000333. The summed E-state index contributed by atoms with van der Waals surface area (Å²) in [6.45, 7) is 21.3. The first-order valence-electron chi connectivity index (χ1n) is 20.9. The molecular formula is C45H71N3O13Si2. The van der Waals surface area contributed by atoms with Crippen molar-refractivity contribution in [3.63, 3.8) is 0 Å². The Morgan fingerprint density at radius 3 is 1.67 bits per heavy atom. The van der Waals surface area contributed by atoms with E-state index in [2.05, 4.69) is 67.7 Å². The summed E-state index contributed by atoms with van der Waals surface area (Å²) in [4.78, 5) is 73.9. The van der Waals surface area contributed by atoms with E-state index in [1.807, 2.05) is 30.3 Å². The van der Waals surface area contributed by atoms with Crippen molar-refractivity contribution in [3.8, 4) is 0 Å². The number of carbonyl (C=O) groups excluding carboxylic acids is 4. The van der Waals surface area contributed by atoms with E-state index in [0.29, 0.717) is 24.8 Å². The molecule has 2 amide bonds.